The zero-order chi connectivity index (χ0) is 19.3. The van der Waals surface area contributed by atoms with Gasteiger partial charge in [-0.2, -0.15) is 0 Å². The van der Waals surface area contributed by atoms with Crippen molar-refractivity contribution in [3.05, 3.63) is 11.6 Å². The number of rotatable bonds is 5. The highest BCUT2D eigenvalue weighted by molar-refractivity contribution is 14.0. The number of hydrogen-bond donors (Lipinski definition) is 1. The summed E-state index contributed by atoms with van der Waals surface area (Å²) < 4.78 is 0. The molecule has 2 aliphatic heterocycles. The third kappa shape index (κ3) is 5.72. The molecule has 3 heterocycles. The van der Waals surface area contributed by atoms with E-state index >= 15 is 0 Å². The summed E-state index contributed by atoms with van der Waals surface area (Å²) in [5, 5.41) is 3.10. The first-order valence-electron chi connectivity index (χ1n) is 10.4. The summed E-state index contributed by atoms with van der Waals surface area (Å²) in [4.78, 5) is 30.2. The van der Waals surface area contributed by atoms with Gasteiger partial charge in [-0.3, -0.25) is 14.7 Å². The lowest BCUT2D eigenvalue weighted by Crippen LogP contribution is -2.52. The van der Waals surface area contributed by atoms with Crippen molar-refractivity contribution in [2.24, 2.45) is 16.6 Å². The molecule has 0 unspecified atom stereocenters. The van der Waals surface area contributed by atoms with Crippen molar-refractivity contribution in [1.29, 1.82) is 0 Å². The molecule has 1 aromatic heterocycles. The molecular formula is C19H32IN7OS. The number of amides is 1. The third-order valence-corrected chi connectivity index (χ3v) is 6.95. The predicted molar refractivity (Wildman–Crippen MR) is 128 cm³/mol. The largest absolute Gasteiger partial charge is 0.370 e. The van der Waals surface area contributed by atoms with Crippen molar-refractivity contribution in [1.82, 2.24) is 19.7 Å². The monoisotopic (exact) mass is 533 g/mol. The summed E-state index contributed by atoms with van der Waals surface area (Å²) in [6, 6.07) is 0. The van der Waals surface area contributed by atoms with Crippen LogP contribution in [0.5, 0.6) is 0 Å². The number of nitrogens with two attached hydrogens (primary N) is 1. The molecule has 1 aliphatic carbocycles. The molecule has 0 atom stereocenters. The van der Waals surface area contributed by atoms with E-state index in [0.717, 1.165) is 83.4 Å². The maximum Gasteiger partial charge on any atom is 0.225 e. The number of nitrogens with zero attached hydrogens (tertiary/aromatic N) is 6. The summed E-state index contributed by atoms with van der Waals surface area (Å²) in [5.41, 5.74) is 6.22. The summed E-state index contributed by atoms with van der Waals surface area (Å²) >= 11 is 1.68. The molecule has 0 bridgehead atoms. The number of halogens is 1. The molecule has 0 spiro atoms. The van der Waals surface area contributed by atoms with Gasteiger partial charge in [-0.05, 0) is 12.8 Å². The lowest BCUT2D eigenvalue weighted by atomic mass is 9.84. The molecule has 1 saturated carbocycles. The van der Waals surface area contributed by atoms with E-state index in [-0.39, 0.29) is 24.0 Å². The highest BCUT2D eigenvalue weighted by Gasteiger charge is 2.31. The van der Waals surface area contributed by atoms with Crippen LogP contribution in [0.25, 0.3) is 0 Å². The molecule has 162 valence electrons. The van der Waals surface area contributed by atoms with Gasteiger partial charge in [-0.15, -0.1) is 35.3 Å². The van der Waals surface area contributed by atoms with Gasteiger partial charge in [0.05, 0.1) is 6.54 Å². The Hall–Kier alpha value is -1.14. The minimum absolute atomic E-state index is 0. The Balaban J connectivity index is 0.00000240. The Morgan fingerprint density at radius 3 is 2.38 bits per heavy atom. The van der Waals surface area contributed by atoms with E-state index in [4.69, 9.17) is 5.73 Å². The van der Waals surface area contributed by atoms with E-state index in [1.807, 2.05) is 11.6 Å². The fourth-order valence-electron chi connectivity index (χ4n) is 4.01. The van der Waals surface area contributed by atoms with Gasteiger partial charge < -0.3 is 20.4 Å². The van der Waals surface area contributed by atoms with Crippen LogP contribution in [0.1, 0.15) is 19.3 Å². The fraction of sp³-hybridized carbons (Fsp3) is 0.737. The molecule has 3 fully saturated rings. The van der Waals surface area contributed by atoms with Crippen molar-refractivity contribution in [2.75, 3.05) is 70.3 Å². The van der Waals surface area contributed by atoms with Gasteiger partial charge in [0.25, 0.3) is 0 Å². The van der Waals surface area contributed by atoms with Gasteiger partial charge in [0.15, 0.2) is 11.1 Å². The predicted octanol–water partition coefficient (Wildman–Crippen LogP) is 1.14. The Morgan fingerprint density at radius 1 is 1.10 bits per heavy atom. The standard InChI is InChI=1S/C19H31N7OS.HI/c20-18(25-11-13-26(14-12-25)19-22-5-15-28-19)21-4-6-23-7-9-24(10-8-23)17(27)16-2-1-3-16;/h5,15-16H,1-4,6-14H2,(H2,20,21);1H. The number of anilines is 1. The summed E-state index contributed by atoms with van der Waals surface area (Å²) in [7, 11) is 0. The Kier molecular flexibility index (Phi) is 8.36. The smallest absolute Gasteiger partial charge is 0.225 e. The van der Waals surface area contributed by atoms with Crippen LogP contribution < -0.4 is 10.6 Å². The number of thiazole rings is 1. The first-order valence-corrected chi connectivity index (χ1v) is 11.3. The minimum Gasteiger partial charge on any atom is -0.370 e. The van der Waals surface area contributed by atoms with Crippen LogP contribution in [0, 0.1) is 5.92 Å². The second kappa shape index (κ2) is 10.8. The average Bonchev–Trinajstić information content (AvgIpc) is 3.22. The molecule has 1 amide bonds. The van der Waals surface area contributed by atoms with Crippen molar-refractivity contribution >= 4 is 52.3 Å². The number of guanidine groups is 1. The van der Waals surface area contributed by atoms with Gasteiger partial charge in [0.1, 0.15) is 0 Å². The van der Waals surface area contributed by atoms with Crippen molar-refractivity contribution < 1.29 is 4.79 Å². The SMILES string of the molecule is I.NC(=NCCN1CCN(C(=O)C2CCC2)CC1)N1CCN(c2nccs2)CC1. The Bertz CT molecular complexity index is 666. The lowest BCUT2D eigenvalue weighted by Gasteiger charge is -2.38. The first-order chi connectivity index (χ1) is 13.7. The van der Waals surface area contributed by atoms with Crippen LogP contribution in [0.4, 0.5) is 5.13 Å². The first kappa shape index (κ1) is 22.5. The quantitative estimate of drug-likeness (QED) is 0.348. The van der Waals surface area contributed by atoms with E-state index in [1.165, 1.54) is 6.42 Å². The molecule has 3 aliphatic rings. The van der Waals surface area contributed by atoms with E-state index < -0.39 is 0 Å². The molecular weight excluding hydrogens is 501 g/mol. The maximum absolute atomic E-state index is 12.3. The Morgan fingerprint density at radius 2 is 1.79 bits per heavy atom. The van der Waals surface area contributed by atoms with Gasteiger partial charge in [0, 0.05) is 76.4 Å². The lowest BCUT2D eigenvalue weighted by molar-refractivity contribution is -0.139. The minimum atomic E-state index is 0. The normalized spacial score (nSPS) is 21.7. The number of piperazine rings is 2. The van der Waals surface area contributed by atoms with E-state index in [0.29, 0.717) is 17.8 Å². The molecule has 2 saturated heterocycles. The second-order valence-electron chi connectivity index (χ2n) is 7.82. The van der Waals surface area contributed by atoms with Crippen LogP contribution in [0.15, 0.2) is 16.6 Å². The molecule has 8 nitrogen and oxygen atoms in total. The fourth-order valence-corrected chi connectivity index (χ4v) is 4.71. The maximum atomic E-state index is 12.3. The average molecular weight is 533 g/mol. The van der Waals surface area contributed by atoms with Crippen LogP contribution in [-0.2, 0) is 4.79 Å². The number of aromatic nitrogens is 1. The zero-order valence-electron chi connectivity index (χ0n) is 16.9. The molecule has 10 heteroatoms. The van der Waals surface area contributed by atoms with E-state index in [9.17, 15) is 4.79 Å². The van der Waals surface area contributed by atoms with Gasteiger partial charge in [-0.25, -0.2) is 4.98 Å². The second-order valence-corrected chi connectivity index (χ2v) is 8.70. The van der Waals surface area contributed by atoms with Crippen LogP contribution >= 0.6 is 35.3 Å². The van der Waals surface area contributed by atoms with Crippen molar-refractivity contribution in [3.8, 4) is 0 Å². The molecule has 0 radical (unpaired) electrons. The number of carbonyl (C=O) groups excluding carboxylic acids is 1. The summed E-state index contributed by atoms with van der Waals surface area (Å²) in [6.07, 6.45) is 5.25. The third-order valence-electron chi connectivity index (χ3n) is 6.12. The Labute approximate surface area is 194 Å². The van der Waals surface area contributed by atoms with Crippen LogP contribution in [0.3, 0.4) is 0 Å². The molecule has 4 rings (SSSR count). The van der Waals surface area contributed by atoms with Crippen LogP contribution in [-0.4, -0.2) is 97.0 Å². The summed E-state index contributed by atoms with van der Waals surface area (Å²) in [5.74, 6) is 1.34. The number of carbonyl (C=O) groups is 1. The topological polar surface area (TPSA) is 81.3 Å². The van der Waals surface area contributed by atoms with Crippen molar-refractivity contribution in [3.63, 3.8) is 0 Å². The van der Waals surface area contributed by atoms with Gasteiger partial charge in [-0.1, -0.05) is 6.42 Å². The van der Waals surface area contributed by atoms with Gasteiger partial charge >= 0.3 is 0 Å². The van der Waals surface area contributed by atoms with Gasteiger partial charge in [0.2, 0.25) is 5.91 Å². The highest BCUT2D eigenvalue weighted by Crippen LogP contribution is 2.28. The molecule has 29 heavy (non-hydrogen) atoms. The molecule has 0 aromatic carbocycles. The van der Waals surface area contributed by atoms with Crippen LogP contribution in [0.2, 0.25) is 0 Å². The number of hydrogen-bond acceptors (Lipinski definition) is 6. The number of aliphatic imine (C=N–C) groups is 1. The molecule has 1 aromatic rings. The van der Waals surface area contributed by atoms with E-state index in [1.54, 1.807) is 11.3 Å². The van der Waals surface area contributed by atoms with Crippen molar-refractivity contribution in [2.45, 2.75) is 19.3 Å². The zero-order valence-corrected chi connectivity index (χ0v) is 20.1. The van der Waals surface area contributed by atoms with E-state index in [2.05, 4.69) is 29.6 Å². The molecule has 2 N–H and O–H groups in total. The highest BCUT2D eigenvalue weighted by atomic mass is 127. The summed E-state index contributed by atoms with van der Waals surface area (Å²) in [6.45, 7) is 8.86.